The van der Waals surface area contributed by atoms with Gasteiger partial charge in [0.2, 0.25) is 0 Å². The first-order chi connectivity index (χ1) is 12.0. The summed E-state index contributed by atoms with van der Waals surface area (Å²) >= 11 is -2.15. The lowest BCUT2D eigenvalue weighted by Gasteiger charge is -2.10. The van der Waals surface area contributed by atoms with Crippen LogP contribution in [0.25, 0.3) is 11.1 Å². The molecule has 1 aromatic heterocycles. The van der Waals surface area contributed by atoms with Crippen molar-refractivity contribution in [2.75, 3.05) is 0 Å². The molecule has 3 rings (SSSR count). The Morgan fingerprint density at radius 1 is 1.04 bits per heavy atom. The number of H-pyrrole nitrogens is 1. The molecule has 128 valence electrons. The molecular formula is C18H14FN2O3S-. The van der Waals surface area contributed by atoms with Gasteiger partial charge >= 0.3 is 0 Å². The molecule has 0 saturated carbocycles. The van der Waals surface area contributed by atoms with E-state index in [2.05, 4.69) is 10.2 Å². The average molecular weight is 357 g/mol. The number of benzene rings is 2. The Bertz CT molecular complexity index is 953. The Balaban J connectivity index is 1.96. The second kappa shape index (κ2) is 7.50. The molecule has 0 spiro atoms. The molecule has 7 heteroatoms. The first-order valence-electron chi connectivity index (χ1n) is 7.49. The highest BCUT2D eigenvalue weighted by molar-refractivity contribution is 7.78. The molecule has 1 atom stereocenters. The molecule has 0 saturated heterocycles. The monoisotopic (exact) mass is 357 g/mol. The zero-order chi connectivity index (χ0) is 17.8. The lowest BCUT2D eigenvalue weighted by atomic mass is 9.97. The third-order valence-electron chi connectivity index (χ3n) is 3.80. The molecule has 3 aromatic rings. The van der Waals surface area contributed by atoms with Gasteiger partial charge in [-0.1, -0.05) is 47.5 Å². The number of hydrogen-bond acceptors (Lipinski definition) is 4. The number of halogens is 1. The molecule has 5 nitrogen and oxygen atoms in total. The van der Waals surface area contributed by atoms with E-state index < -0.39 is 11.1 Å². The van der Waals surface area contributed by atoms with E-state index in [-0.39, 0.29) is 17.1 Å². The van der Waals surface area contributed by atoms with Gasteiger partial charge in [-0.25, -0.2) is 9.49 Å². The molecule has 0 aliphatic rings. The van der Waals surface area contributed by atoms with Gasteiger partial charge in [-0.15, -0.1) is 0 Å². The molecule has 2 aromatic carbocycles. The maximum atomic E-state index is 13.1. The third kappa shape index (κ3) is 4.26. The number of hydrogen-bond donors (Lipinski definition) is 1. The minimum atomic E-state index is -2.15. The normalized spacial score (nSPS) is 12.1. The molecule has 0 amide bonds. The molecule has 25 heavy (non-hydrogen) atoms. The maximum Gasteiger partial charge on any atom is 0.268 e. The van der Waals surface area contributed by atoms with Gasteiger partial charge in [0.05, 0.1) is 6.20 Å². The van der Waals surface area contributed by atoms with Crippen LogP contribution in [0.1, 0.15) is 16.7 Å². The Morgan fingerprint density at radius 3 is 2.32 bits per heavy atom. The second-order valence-electron chi connectivity index (χ2n) is 5.54. The zero-order valence-electron chi connectivity index (χ0n) is 13.1. The topological polar surface area (TPSA) is 85.9 Å². The van der Waals surface area contributed by atoms with Crippen molar-refractivity contribution in [3.8, 4) is 11.1 Å². The second-order valence-corrected chi connectivity index (χ2v) is 6.44. The van der Waals surface area contributed by atoms with Gasteiger partial charge in [-0.3, -0.25) is 9.00 Å². The smallest absolute Gasteiger partial charge is 0.268 e. The lowest BCUT2D eigenvalue weighted by molar-refractivity contribution is 0.536. The molecule has 0 bridgehead atoms. The number of nitrogens with zero attached hydrogens (tertiary/aromatic N) is 1. The summed E-state index contributed by atoms with van der Waals surface area (Å²) in [7, 11) is 0. The van der Waals surface area contributed by atoms with E-state index in [1.807, 2.05) is 0 Å². The Morgan fingerprint density at radius 2 is 1.68 bits per heavy atom. The van der Waals surface area contributed by atoms with Crippen molar-refractivity contribution in [2.24, 2.45) is 0 Å². The van der Waals surface area contributed by atoms with Crippen LogP contribution in [-0.4, -0.2) is 19.0 Å². The van der Waals surface area contributed by atoms with E-state index >= 15 is 0 Å². The van der Waals surface area contributed by atoms with Crippen LogP contribution in [0.2, 0.25) is 0 Å². The highest BCUT2D eigenvalue weighted by Crippen LogP contribution is 2.23. The van der Waals surface area contributed by atoms with Crippen molar-refractivity contribution < 1.29 is 13.2 Å². The van der Waals surface area contributed by atoms with Crippen LogP contribution in [0, 0.1) is 5.82 Å². The van der Waals surface area contributed by atoms with Gasteiger partial charge in [-0.05, 0) is 28.8 Å². The van der Waals surface area contributed by atoms with Crippen LogP contribution in [0.15, 0.2) is 59.5 Å². The van der Waals surface area contributed by atoms with E-state index in [1.54, 1.807) is 42.6 Å². The Kier molecular flexibility index (Phi) is 5.16. The van der Waals surface area contributed by atoms with Crippen LogP contribution >= 0.6 is 0 Å². The molecule has 0 radical (unpaired) electrons. The number of aromatic amines is 1. The van der Waals surface area contributed by atoms with Crippen LogP contribution in [0.4, 0.5) is 4.39 Å². The molecule has 0 fully saturated rings. The van der Waals surface area contributed by atoms with Crippen molar-refractivity contribution in [3.05, 3.63) is 87.6 Å². The van der Waals surface area contributed by atoms with E-state index in [4.69, 9.17) is 0 Å². The highest BCUT2D eigenvalue weighted by atomic mass is 32.2. The highest BCUT2D eigenvalue weighted by Gasteiger charge is 2.11. The maximum absolute atomic E-state index is 13.1. The summed E-state index contributed by atoms with van der Waals surface area (Å²) in [6.07, 6.45) is 1.89. The largest absolute Gasteiger partial charge is 0.772 e. The first kappa shape index (κ1) is 17.2. The van der Waals surface area contributed by atoms with Crippen LogP contribution in [0.5, 0.6) is 0 Å². The number of aromatic nitrogens is 2. The number of nitrogens with one attached hydrogen (secondary N) is 1. The van der Waals surface area contributed by atoms with Crippen molar-refractivity contribution >= 4 is 11.1 Å². The zero-order valence-corrected chi connectivity index (χ0v) is 13.9. The van der Waals surface area contributed by atoms with Gasteiger partial charge in [0.25, 0.3) is 5.56 Å². The van der Waals surface area contributed by atoms with E-state index in [9.17, 15) is 17.9 Å². The SMILES string of the molecule is O=c1[nH]ncc(-c2ccc(CS(=O)[O-])cc2)c1Cc1ccc(F)cc1. The molecule has 1 unspecified atom stereocenters. The fourth-order valence-corrected chi connectivity index (χ4v) is 3.04. The van der Waals surface area contributed by atoms with Crippen molar-refractivity contribution in [1.29, 1.82) is 0 Å². The standard InChI is InChI=1S/C18H15FN2O3S/c19-15-7-3-12(4-8-15)9-16-17(10-20-21-18(16)22)14-5-1-13(2-6-14)11-25(23)24/h1-8,10H,9,11H2,(H,21,22)(H,23,24)/p-1. The quantitative estimate of drug-likeness (QED) is 0.711. The minimum absolute atomic E-state index is 0.0592. The molecule has 1 heterocycles. The molecule has 1 N–H and O–H groups in total. The Hall–Kier alpha value is -2.64. The third-order valence-corrected chi connectivity index (χ3v) is 4.37. The van der Waals surface area contributed by atoms with Gasteiger partial charge in [0.15, 0.2) is 0 Å². The lowest BCUT2D eigenvalue weighted by Crippen LogP contribution is -2.16. The van der Waals surface area contributed by atoms with Gasteiger partial charge < -0.3 is 4.55 Å². The number of rotatable bonds is 5. The van der Waals surface area contributed by atoms with E-state index in [1.165, 1.54) is 12.1 Å². The summed E-state index contributed by atoms with van der Waals surface area (Å²) in [5.41, 5.74) is 3.08. The predicted octanol–water partition coefficient (Wildman–Crippen LogP) is 2.55. The van der Waals surface area contributed by atoms with Crippen LogP contribution < -0.4 is 5.56 Å². The average Bonchev–Trinajstić information content (AvgIpc) is 2.59. The van der Waals surface area contributed by atoms with Crippen molar-refractivity contribution in [3.63, 3.8) is 0 Å². The first-order valence-corrected chi connectivity index (χ1v) is 8.73. The van der Waals surface area contributed by atoms with Gasteiger partial charge in [0.1, 0.15) is 5.82 Å². The summed E-state index contributed by atoms with van der Waals surface area (Å²) < 4.78 is 34.6. The van der Waals surface area contributed by atoms with E-state index in [0.717, 1.165) is 11.1 Å². The van der Waals surface area contributed by atoms with Crippen molar-refractivity contribution in [2.45, 2.75) is 12.2 Å². The molecule has 0 aliphatic carbocycles. The van der Waals surface area contributed by atoms with Crippen LogP contribution in [-0.2, 0) is 23.3 Å². The van der Waals surface area contributed by atoms with E-state index in [0.29, 0.717) is 23.1 Å². The van der Waals surface area contributed by atoms with Gasteiger partial charge in [-0.2, -0.15) is 5.10 Å². The summed E-state index contributed by atoms with van der Waals surface area (Å²) in [6, 6.07) is 12.9. The van der Waals surface area contributed by atoms with Gasteiger partial charge in [0, 0.05) is 23.3 Å². The summed E-state index contributed by atoms with van der Waals surface area (Å²) in [5, 5.41) is 6.27. The van der Waals surface area contributed by atoms with Crippen LogP contribution in [0.3, 0.4) is 0 Å². The van der Waals surface area contributed by atoms with Crippen molar-refractivity contribution in [1.82, 2.24) is 10.2 Å². The molecular weight excluding hydrogens is 343 g/mol. The predicted molar refractivity (Wildman–Crippen MR) is 92.1 cm³/mol. The minimum Gasteiger partial charge on any atom is -0.772 e. The Labute approximate surface area is 145 Å². The summed E-state index contributed by atoms with van der Waals surface area (Å²) in [4.78, 5) is 12.2. The fourth-order valence-electron chi connectivity index (χ4n) is 2.57. The summed E-state index contributed by atoms with van der Waals surface area (Å²) in [5.74, 6) is -0.393. The molecule has 0 aliphatic heterocycles. The summed E-state index contributed by atoms with van der Waals surface area (Å²) in [6.45, 7) is 0. The fraction of sp³-hybridized carbons (Fsp3) is 0.111.